The van der Waals surface area contributed by atoms with Crippen molar-refractivity contribution in [3.63, 3.8) is 0 Å². The first-order chi connectivity index (χ1) is 5.90. The third-order valence-corrected chi connectivity index (χ3v) is 2.00. The third-order valence-electron chi connectivity index (χ3n) is 1.63. The van der Waals surface area contributed by atoms with Gasteiger partial charge in [-0.05, 0) is 6.07 Å². The minimum Gasteiger partial charge on any atom is -0.432 e. The number of rotatable bonds is 0. The van der Waals surface area contributed by atoms with Crippen molar-refractivity contribution in [2.24, 2.45) is 4.99 Å². The van der Waals surface area contributed by atoms with Gasteiger partial charge in [0.25, 0.3) is 5.23 Å². The number of aliphatic imine (C=N–C) groups is 1. The quantitative estimate of drug-likeness (QED) is 0.623. The summed E-state index contributed by atoms with van der Waals surface area (Å²) >= 11 is 0.537. The monoisotopic (exact) mass is 181 g/mol. The Hall–Kier alpha value is -1.00. The van der Waals surface area contributed by atoms with Crippen molar-refractivity contribution >= 4 is 17.3 Å². The molecule has 0 atom stereocenters. The molecule has 0 unspecified atom stereocenters. The highest BCUT2D eigenvalue weighted by Gasteiger charge is 2.12. The van der Waals surface area contributed by atoms with Crippen LogP contribution in [0.1, 0.15) is 5.56 Å². The average Bonchev–Trinajstić information content (AvgIpc) is 2.17. The molecule has 0 aliphatic carbocycles. The molecule has 1 aromatic rings. The minimum absolute atomic E-state index is 0.314. The highest BCUT2D eigenvalue weighted by Crippen LogP contribution is 2.24. The van der Waals surface area contributed by atoms with Gasteiger partial charge in [0.2, 0.25) is 0 Å². The fraction of sp³-hybridized carbons (Fsp3) is 0.125. The van der Waals surface area contributed by atoms with Gasteiger partial charge < -0.3 is 9.29 Å². The van der Waals surface area contributed by atoms with Crippen molar-refractivity contribution in [3.05, 3.63) is 29.8 Å². The van der Waals surface area contributed by atoms with Gasteiger partial charge in [0.1, 0.15) is 5.75 Å². The molecule has 2 rings (SSSR count). The summed E-state index contributed by atoms with van der Waals surface area (Å²) in [5.74, 6) is 0.782. The zero-order valence-electron chi connectivity index (χ0n) is 6.23. The smallest absolute Gasteiger partial charge is 0.279 e. The summed E-state index contributed by atoms with van der Waals surface area (Å²) in [6, 6.07) is 7.65. The van der Waals surface area contributed by atoms with Crippen LogP contribution in [0.2, 0.25) is 0 Å². The van der Waals surface area contributed by atoms with Gasteiger partial charge in [0.15, 0.2) is 0 Å². The Morgan fingerprint density at radius 2 is 2.25 bits per heavy atom. The molecule has 1 heterocycles. The fourth-order valence-electron chi connectivity index (χ4n) is 1.06. The van der Waals surface area contributed by atoms with Crippen LogP contribution in [0.5, 0.6) is 5.75 Å². The summed E-state index contributed by atoms with van der Waals surface area (Å²) in [5, 5.41) is 0.314. The predicted octanol–water partition coefficient (Wildman–Crippen LogP) is 2.14. The van der Waals surface area contributed by atoms with E-state index in [-0.39, 0.29) is 0 Å². The number of benzene rings is 1. The third kappa shape index (κ3) is 1.31. The predicted molar refractivity (Wildman–Crippen MR) is 48.4 cm³/mol. The molecule has 1 N–H and O–H groups in total. The van der Waals surface area contributed by atoms with Gasteiger partial charge in [0, 0.05) is 5.56 Å². The Balaban J connectivity index is 2.31. The molecule has 1 aromatic carbocycles. The maximum Gasteiger partial charge on any atom is 0.279 e. The molecule has 3 nitrogen and oxygen atoms in total. The molecule has 0 bridgehead atoms. The first kappa shape index (κ1) is 7.64. The van der Waals surface area contributed by atoms with Gasteiger partial charge in [-0.1, -0.05) is 18.2 Å². The summed E-state index contributed by atoms with van der Waals surface area (Å²) in [7, 11) is 0. The molecule has 0 radical (unpaired) electrons. The maximum atomic E-state index is 8.68. The molecule has 0 amide bonds. The van der Waals surface area contributed by atoms with E-state index in [1.807, 2.05) is 24.3 Å². The lowest BCUT2D eigenvalue weighted by Gasteiger charge is -2.13. The van der Waals surface area contributed by atoms with Gasteiger partial charge in [-0.25, -0.2) is 4.99 Å². The van der Waals surface area contributed by atoms with E-state index in [0.717, 1.165) is 11.3 Å². The van der Waals surface area contributed by atoms with Crippen LogP contribution in [0, 0.1) is 0 Å². The summed E-state index contributed by atoms with van der Waals surface area (Å²) in [6.45, 7) is 0.582. The van der Waals surface area contributed by atoms with E-state index >= 15 is 0 Å². The highest BCUT2D eigenvalue weighted by atomic mass is 32.2. The summed E-state index contributed by atoms with van der Waals surface area (Å²) < 4.78 is 13.9. The number of fused-ring (bicyclic) bond motifs is 1. The second kappa shape index (κ2) is 3.16. The molecule has 62 valence electrons. The number of hydrogen-bond donors (Lipinski definition) is 1. The van der Waals surface area contributed by atoms with Crippen molar-refractivity contribution in [2.75, 3.05) is 0 Å². The van der Waals surface area contributed by atoms with Gasteiger partial charge in [0.05, 0.1) is 18.6 Å². The SMILES string of the molecule is OSC1=NCc2ccccc2O1. The van der Waals surface area contributed by atoms with Crippen LogP contribution in [-0.2, 0) is 6.54 Å². The van der Waals surface area contributed by atoms with Gasteiger partial charge in [-0.2, -0.15) is 0 Å². The molecule has 1 aliphatic rings. The Morgan fingerprint density at radius 3 is 3.08 bits per heavy atom. The lowest BCUT2D eigenvalue weighted by molar-refractivity contribution is 0.532. The summed E-state index contributed by atoms with van der Waals surface area (Å²) in [5.41, 5.74) is 1.05. The summed E-state index contributed by atoms with van der Waals surface area (Å²) in [6.07, 6.45) is 0. The van der Waals surface area contributed by atoms with Gasteiger partial charge in [-0.15, -0.1) is 0 Å². The van der Waals surface area contributed by atoms with Crippen molar-refractivity contribution < 1.29 is 9.29 Å². The lowest BCUT2D eigenvalue weighted by Crippen LogP contribution is -2.10. The molecule has 0 spiro atoms. The zero-order valence-corrected chi connectivity index (χ0v) is 7.04. The van der Waals surface area contributed by atoms with E-state index in [4.69, 9.17) is 9.29 Å². The standard InChI is InChI=1S/C8H7NO2S/c10-12-8-9-5-6-3-1-2-4-7(6)11-8/h1-4,10H,5H2. The van der Waals surface area contributed by atoms with E-state index in [0.29, 0.717) is 23.8 Å². The van der Waals surface area contributed by atoms with Crippen molar-refractivity contribution in [2.45, 2.75) is 6.54 Å². The number of para-hydroxylation sites is 1. The first-order valence-corrected chi connectivity index (χ1v) is 4.29. The van der Waals surface area contributed by atoms with Crippen LogP contribution >= 0.6 is 12.0 Å². The van der Waals surface area contributed by atoms with Crippen LogP contribution in [0.4, 0.5) is 0 Å². The molecule has 0 fully saturated rings. The fourth-order valence-corrected chi connectivity index (χ4v) is 1.31. The molecule has 0 saturated carbocycles. The highest BCUT2D eigenvalue weighted by molar-refractivity contribution is 8.08. The van der Waals surface area contributed by atoms with Gasteiger partial charge >= 0.3 is 0 Å². The Labute approximate surface area is 74.3 Å². The van der Waals surface area contributed by atoms with Crippen LogP contribution in [0.15, 0.2) is 29.3 Å². The molecule has 0 saturated heterocycles. The number of nitrogens with zero attached hydrogens (tertiary/aromatic N) is 1. The largest absolute Gasteiger partial charge is 0.432 e. The van der Waals surface area contributed by atoms with E-state index in [1.165, 1.54) is 0 Å². The number of ether oxygens (including phenoxy) is 1. The van der Waals surface area contributed by atoms with Crippen molar-refractivity contribution in [1.82, 2.24) is 0 Å². The molecular weight excluding hydrogens is 174 g/mol. The topological polar surface area (TPSA) is 41.8 Å². The Kier molecular flexibility index (Phi) is 2.01. The molecule has 1 aliphatic heterocycles. The zero-order chi connectivity index (χ0) is 8.39. The van der Waals surface area contributed by atoms with Crippen molar-refractivity contribution in [3.8, 4) is 5.75 Å². The van der Waals surface area contributed by atoms with E-state index < -0.39 is 0 Å². The van der Waals surface area contributed by atoms with Crippen LogP contribution < -0.4 is 4.74 Å². The van der Waals surface area contributed by atoms with E-state index in [1.54, 1.807) is 0 Å². The molecule has 4 heteroatoms. The van der Waals surface area contributed by atoms with Crippen LogP contribution in [0.25, 0.3) is 0 Å². The molecule has 12 heavy (non-hydrogen) atoms. The molecular formula is C8H7NO2S. The van der Waals surface area contributed by atoms with E-state index in [9.17, 15) is 0 Å². The molecule has 0 aromatic heterocycles. The Bertz CT molecular complexity index is 325. The lowest BCUT2D eigenvalue weighted by atomic mass is 10.2. The summed E-state index contributed by atoms with van der Waals surface area (Å²) in [4.78, 5) is 4.00. The number of hydrogen-bond acceptors (Lipinski definition) is 4. The van der Waals surface area contributed by atoms with Crippen LogP contribution in [-0.4, -0.2) is 9.78 Å². The second-order valence-electron chi connectivity index (χ2n) is 2.38. The first-order valence-electron chi connectivity index (χ1n) is 3.52. The minimum atomic E-state index is 0.314. The Morgan fingerprint density at radius 1 is 1.42 bits per heavy atom. The van der Waals surface area contributed by atoms with E-state index in [2.05, 4.69) is 4.99 Å². The second-order valence-corrected chi connectivity index (χ2v) is 2.92. The van der Waals surface area contributed by atoms with Crippen LogP contribution in [0.3, 0.4) is 0 Å². The maximum absolute atomic E-state index is 8.68. The van der Waals surface area contributed by atoms with Gasteiger partial charge in [-0.3, -0.25) is 0 Å². The normalized spacial score (nSPS) is 14.6. The average molecular weight is 181 g/mol. The van der Waals surface area contributed by atoms with Crippen molar-refractivity contribution in [1.29, 1.82) is 0 Å².